The van der Waals surface area contributed by atoms with Gasteiger partial charge in [0.15, 0.2) is 0 Å². The fraction of sp³-hybridized carbons (Fsp3) is 0.312. The van der Waals surface area contributed by atoms with Crippen LogP contribution in [0.15, 0.2) is 36.4 Å². The molecule has 98 valence electrons. The molecule has 0 aliphatic heterocycles. The van der Waals surface area contributed by atoms with Gasteiger partial charge in [-0.05, 0) is 49.4 Å². The van der Waals surface area contributed by atoms with Crippen LogP contribution >= 0.6 is 0 Å². The van der Waals surface area contributed by atoms with Crippen molar-refractivity contribution in [3.05, 3.63) is 53.2 Å². The number of nitrogens with two attached hydrogens (primary N) is 1. The lowest BCUT2D eigenvalue weighted by Gasteiger charge is -2.18. The Morgan fingerprint density at radius 1 is 1.11 bits per heavy atom. The fourth-order valence-corrected chi connectivity index (χ4v) is 2.50. The van der Waals surface area contributed by atoms with Crippen LogP contribution in [0.25, 0.3) is 0 Å². The summed E-state index contributed by atoms with van der Waals surface area (Å²) in [5.74, 6) is 1.47. The summed E-state index contributed by atoms with van der Waals surface area (Å²) in [5, 5.41) is 0. The van der Waals surface area contributed by atoms with Gasteiger partial charge in [-0.3, -0.25) is 0 Å². The van der Waals surface area contributed by atoms with E-state index in [-0.39, 0.29) is 0 Å². The van der Waals surface area contributed by atoms with Crippen LogP contribution in [-0.4, -0.2) is 4.98 Å². The second-order valence-corrected chi connectivity index (χ2v) is 4.88. The van der Waals surface area contributed by atoms with E-state index in [1.807, 2.05) is 30.3 Å². The Morgan fingerprint density at radius 3 is 2.68 bits per heavy atom. The minimum absolute atomic E-state index is 0.461. The van der Waals surface area contributed by atoms with Crippen LogP contribution in [0, 0.1) is 0 Å². The maximum Gasteiger partial charge on any atom is 0.223 e. The number of hydrogen-bond acceptors (Lipinski definition) is 3. The number of nitrogens with zero attached hydrogens (tertiary/aromatic N) is 1. The lowest BCUT2D eigenvalue weighted by molar-refractivity contribution is 0.451. The molecule has 2 N–H and O–H groups in total. The molecular formula is C16H18N2O. The molecule has 0 saturated carbocycles. The third kappa shape index (κ3) is 2.61. The second-order valence-electron chi connectivity index (χ2n) is 4.88. The summed E-state index contributed by atoms with van der Waals surface area (Å²) in [4.78, 5) is 4.68. The summed E-state index contributed by atoms with van der Waals surface area (Å²) >= 11 is 0. The molecule has 2 aromatic rings. The van der Waals surface area contributed by atoms with E-state index in [1.165, 1.54) is 24.1 Å². The van der Waals surface area contributed by atoms with Crippen molar-refractivity contribution in [2.75, 3.05) is 0 Å². The number of aromatic nitrogens is 1. The van der Waals surface area contributed by atoms with Gasteiger partial charge in [0.05, 0.1) is 0 Å². The zero-order valence-electron chi connectivity index (χ0n) is 10.9. The number of benzene rings is 1. The van der Waals surface area contributed by atoms with Crippen LogP contribution in [0.2, 0.25) is 0 Å². The second kappa shape index (κ2) is 5.41. The van der Waals surface area contributed by atoms with Crippen LogP contribution in [-0.2, 0) is 19.4 Å². The summed E-state index contributed by atoms with van der Waals surface area (Å²) in [6, 6.07) is 11.9. The normalized spacial score (nSPS) is 13.9. The van der Waals surface area contributed by atoms with Crippen molar-refractivity contribution >= 4 is 0 Å². The van der Waals surface area contributed by atoms with Gasteiger partial charge >= 0.3 is 0 Å². The molecule has 0 amide bonds. The fourth-order valence-electron chi connectivity index (χ4n) is 2.50. The first-order valence-electron chi connectivity index (χ1n) is 6.81. The lowest BCUT2D eigenvalue weighted by atomic mass is 9.95. The zero-order valence-corrected chi connectivity index (χ0v) is 10.9. The average Bonchev–Trinajstić information content (AvgIpc) is 2.47. The molecule has 1 aliphatic carbocycles. The number of rotatable bonds is 3. The Morgan fingerprint density at radius 2 is 1.89 bits per heavy atom. The van der Waals surface area contributed by atoms with Crippen molar-refractivity contribution in [3.63, 3.8) is 0 Å². The van der Waals surface area contributed by atoms with Gasteiger partial charge in [0.1, 0.15) is 5.75 Å². The van der Waals surface area contributed by atoms with Gasteiger partial charge < -0.3 is 10.5 Å². The predicted molar refractivity (Wildman–Crippen MR) is 75.3 cm³/mol. The first-order valence-corrected chi connectivity index (χ1v) is 6.81. The van der Waals surface area contributed by atoms with E-state index in [0.717, 1.165) is 24.2 Å². The molecule has 1 aliphatic rings. The third-order valence-electron chi connectivity index (χ3n) is 3.52. The zero-order chi connectivity index (χ0) is 13.1. The van der Waals surface area contributed by atoms with Gasteiger partial charge in [0, 0.05) is 17.8 Å². The Bertz CT molecular complexity index is 566. The van der Waals surface area contributed by atoms with Crippen molar-refractivity contribution in [3.8, 4) is 11.6 Å². The number of pyridine rings is 1. The van der Waals surface area contributed by atoms with Gasteiger partial charge in [0.25, 0.3) is 0 Å². The summed E-state index contributed by atoms with van der Waals surface area (Å²) < 4.78 is 5.88. The Labute approximate surface area is 113 Å². The molecule has 0 radical (unpaired) electrons. The van der Waals surface area contributed by atoms with Gasteiger partial charge in [-0.1, -0.05) is 18.2 Å². The molecule has 0 spiro atoms. The van der Waals surface area contributed by atoms with Crippen molar-refractivity contribution < 1.29 is 4.74 Å². The Balaban J connectivity index is 1.95. The van der Waals surface area contributed by atoms with E-state index in [2.05, 4.69) is 11.1 Å². The molecule has 0 fully saturated rings. The number of fused-ring (bicyclic) bond motifs is 1. The van der Waals surface area contributed by atoms with E-state index < -0.39 is 0 Å². The van der Waals surface area contributed by atoms with Gasteiger partial charge in [-0.15, -0.1) is 0 Å². The van der Waals surface area contributed by atoms with Crippen molar-refractivity contribution in [1.82, 2.24) is 4.98 Å². The molecule has 1 aromatic heterocycles. The molecule has 3 heteroatoms. The molecule has 0 saturated heterocycles. The lowest BCUT2D eigenvalue weighted by Crippen LogP contribution is -2.10. The van der Waals surface area contributed by atoms with Crippen molar-refractivity contribution in [2.24, 2.45) is 5.73 Å². The van der Waals surface area contributed by atoms with Crippen LogP contribution in [0.3, 0.4) is 0 Å². The van der Waals surface area contributed by atoms with Crippen molar-refractivity contribution in [1.29, 1.82) is 0 Å². The largest absolute Gasteiger partial charge is 0.439 e. The van der Waals surface area contributed by atoms with Crippen LogP contribution in [0.1, 0.15) is 29.7 Å². The van der Waals surface area contributed by atoms with Gasteiger partial charge in [-0.2, -0.15) is 0 Å². The van der Waals surface area contributed by atoms with E-state index in [0.29, 0.717) is 12.4 Å². The Hall–Kier alpha value is -1.87. The van der Waals surface area contributed by atoms with Crippen LogP contribution in [0.4, 0.5) is 0 Å². The molecule has 0 unspecified atom stereocenters. The topological polar surface area (TPSA) is 48.1 Å². The SMILES string of the molecule is NCc1cc2c(nc1Oc1ccccc1)CCCC2. The number of aryl methyl sites for hydroxylation is 2. The summed E-state index contributed by atoms with van der Waals surface area (Å²) in [7, 11) is 0. The minimum atomic E-state index is 0.461. The molecule has 19 heavy (non-hydrogen) atoms. The van der Waals surface area contributed by atoms with Gasteiger partial charge in [0.2, 0.25) is 5.88 Å². The standard InChI is InChI=1S/C16H18N2O/c17-11-13-10-12-6-4-5-9-15(12)18-16(13)19-14-7-2-1-3-8-14/h1-3,7-8,10H,4-6,9,11,17H2. The smallest absolute Gasteiger partial charge is 0.223 e. The molecule has 3 nitrogen and oxygen atoms in total. The Kier molecular flexibility index (Phi) is 3.47. The molecular weight excluding hydrogens is 236 g/mol. The average molecular weight is 254 g/mol. The quantitative estimate of drug-likeness (QED) is 0.915. The number of ether oxygens (including phenoxy) is 1. The summed E-state index contributed by atoms with van der Waals surface area (Å²) in [5.41, 5.74) is 9.32. The first kappa shape index (κ1) is 12.2. The summed E-state index contributed by atoms with van der Waals surface area (Å²) in [6.07, 6.45) is 4.62. The molecule has 1 heterocycles. The molecule has 1 aromatic carbocycles. The third-order valence-corrected chi connectivity index (χ3v) is 3.52. The predicted octanol–water partition coefficient (Wildman–Crippen LogP) is 3.21. The highest BCUT2D eigenvalue weighted by atomic mass is 16.5. The molecule has 3 rings (SSSR count). The maximum absolute atomic E-state index is 5.88. The highest BCUT2D eigenvalue weighted by molar-refractivity contribution is 5.38. The van der Waals surface area contributed by atoms with E-state index >= 15 is 0 Å². The highest BCUT2D eigenvalue weighted by Gasteiger charge is 2.15. The highest BCUT2D eigenvalue weighted by Crippen LogP contribution is 2.28. The number of hydrogen-bond donors (Lipinski definition) is 1. The minimum Gasteiger partial charge on any atom is -0.439 e. The molecule has 0 atom stereocenters. The molecule has 0 bridgehead atoms. The first-order chi connectivity index (χ1) is 9.36. The van der Waals surface area contributed by atoms with E-state index in [9.17, 15) is 0 Å². The summed E-state index contributed by atoms with van der Waals surface area (Å²) in [6.45, 7) is 0.461. The van der Waals surface area contributed by atoms with E-state index in [1.54, 1.807) is 0 Å². The maximum atomic E-state index is 5.88. The monoisotopic (exact) mass is 254 g/mol. The van der Waals surface area contributed by atoms with Gasteiger partial charge in [-0.25, -0.2) is 4.98 Å². The van der Waals surface area contributed by atoms with Crippen LogP contribution in [0.5, 0.6) is 11.6 Å². The van der Waals surface area contributed by atoms with Crippen LogP contribution < -0.4 is 10.5 Å². The van der Waals surface area contributed by atoms with E-state index in [4.69, 9.17) is 10.5 Å². The van der Waals surface area contributed by atoms with Crippen molar-refractivity contribution in [2.45, 2.75) is 32.2 Å². The number of para-hydroxylation sites is 1.